The van der Waals surface area contributed by atoms with Gasteiger partial charge in [0.1, 0.15) is 4.90 Å². The minimum absolute atomic E-state index is 0.0249. The lowest BCUT2D eigenvalue weighted by molar-refractivity contribution is 0.557. The average molecular weight is 357 g/mol. The summed E-state index contributed by atoms with van der Waals surface area (Å²) in [7, 11) is -3.71. The highest BCUT2D eigenvalue weighted by Crippen LogP contribution is 2.29. The van der Waals surface area contributed by atoms with Crippen molar-refractivity contribution in [3.63, 3.8) is 0 Å². The zero-order valence-electron chi connectivity index (χ0n) is 11.3. The minimum atomic E-state index is -3.71. The summed E-state index contributed by atoms with van der Waals surface area (Å²) in [6.45, 7) is 1.94. The molecule has 1 rings (SSSR count). The molecule has 1 atom stereocenters. The molecule has 0 spiro atoms. The van der Waals surface area contributed by atoms with Gasteiger partial charge in [0, 0.05) is 17.6 Å². The van der Waals surface area contributed by atoms with Gasteiger partial charge in [-0.2, -0.15) is 11.8 Å². The molecule has 1 unspecified atom stereocenters. The zero-order chi connectivity index (χ0) is 15.3. The number of hydrogen-bond donors (Lipinski definition) is 2. The Morgan fingerprint density at radius 3 is 2.60 bits per heavy atom. The summed E-state index contributed by atoms with van der Waals surface area (Å²) in [6.07, 6.45) is 2.71. The molecule has 0 saturated carbocycles. The number of nitrogens with one attached hydrogen (secondary N) is 1. The highest BCUT2D eigenvalue weighted by atomic mass is 35.5. The SMILES string of the molecule is CSCCC(C)NS(=O)(=O)c1cc(Cl)cc(CN)c1Cl. The van der Waals surface area contributed by atoms with Crippen LogP contribution in [-0.4, -0.2) is 26.5 Å². The number of rotatable bonds is 7. The lowest BCUT2D eigenvalue weighted by Crippen LogP contribution is -2.33. The van der Waals surface area contributed by atoms with Crippen LogP contribution in [-0.2, 0) is 16.6 Å². The predicted octanol–water partition coefficient (Wildman–Crippen LogP) is 2.87. The normalized spacial score (nSPS) is 13.4. The van der Waals surface area contributed by atoms with Gasteiger partial charge in [-0.3, -0.25) is 0 Å². The number of thioether (sulfide) groups is 1. The van der Waals surface area contributed by atoms with E-state index in [4.69, 9.17) is 28.9 Å². The Morgan fingerprint density at radius 1 is 1.40 bits per heavy atom. The van der Waals surface area contributed by atoms with Crippen LogP contribution < -0.4 is 10.5 Å². The highest BCUT2D eigenvalue weighted by Gasteiger charge is 2.22. The van der Waals surface area contributed by atoms with Crippen molar-refractivity contribution < 1.29 is 8.42 Å². The number of sulfonamides is 1. The van der Waals surface area contributed by atoms with Crippen LogP contribution in [0.4, 0.5) is 0 Å². The molecule has 0 radical (unpaired) electrons. The fourth-order valence-electron chi connectivity index (χ4n) is 1.64. The minimum Gasteiger partial charge on any atom is -0.326 e. The summed E-state index contributed by atoms with van der Waals surface area (Å²) in [5.74, 6) is 0.876. The summed E-state index contributed by atoms with van der Waals surface area (Å²) in [5.41, 5.74) is 6.05. The molecule has 0 aliphatic rings. The Balaban J connectivity index is 3.06. The van der Waals surface area contributed by atoms with Gasteiger partial charge in [-0.25, -0.2) is 13.1 Å². The van der Waals surface area contributed by atoms with Gasteiger partial charge in [0.05, 0.1) is 5.02 Å². The molecule has 4 nitrogen and oxygen atoms in total. The first-order valence-electron chi connectivity index (χ1n) is 6.01. The molecule has 1 aromatic rings. The third kappa shape index (κ3) is 4.79. The van der Waals surface area contributed by atoms with Gasteiger partial charge >= 0.3 is 0 Å². The lowest BCUT2D eigenvalue weighted by Gasteiger charge is -2.16. The van der Waals surface area contributed by atoms with Crippen molar-refractivity contribution in [3.05, 3.63) is 27.7 Å². The molecular weight excluding hydrogens is 339 g/mol. The topological polar surface area (TPSA) is 72.2 Å². The van der Waals surface area contributed by atoms with Crippen LogP contribution in [0.1, 0.15) is 18.9 Å². The van der Waals surface area contributed by atoms with Crippen molar-refractivity contribution in [1.29, 1.82) is 0 Å². The molecule has 0 bridgehead atoms. The van der Waals surface area contributed by atoms with Gasteiger partial charge in [0.2, 0.25) is 10.0 Å². The summed E-state index contributed by atoms with van der Waals surface area (Å²) < 4.78 is 27.3. The monoisotopic (exact) mass is 356 g/mol. The van der Waals surface area contributed by atoms with Gasteiger partial charge in [-0.15, -0.1) is 0 Å². The van der Waals surface area contributed by atoms with E-state index in [0.717, 1.165) is 12.2 Å². The van der Waals surface area contributed by atoms with Crippen LogP contribution in [0.15, 0.2) is 17.0 Å². The first-order chi connectivity index (χ1) is 9.31. The fourth-order valence-corrected chi connectivity index (χ4v) is 4.45. The molecule has 0 heterocycles. The second kappa shape index (κ2) is 7.87. The zero-order valence-corrected chi connectivity index (χ0v) is 14.5. The molecule has 0 amide bonds. The first kappa shape index (κ1) is 18.1. The van der Waals surface area contributed by atoms with Gasteiger partial charge in [0.15, 0.2) is 0 Å². The molecule has 20 heavy (non-hydrogen) atoms. The predicted molar refractivity (Wildman–Crippen MR) is 87.1 cm³/mol. The smallest absolute Gasteiger partial charge is 0.242 e. The molecule has 1 aromatic carbocycles. The molecule has 0 aliphatic heterocycles. The molecule has 0 aromatic heterocycles. The number of nitrogens with two attached hydrogens (primary N) is 1. The van der Waals surface area contributed by atoms with E-state index in [1.165, 1.54) is 6.07 Å². The van der Waals surface area contributed by atoms with Gasteiger partial charge in [0.25, 0.3) is 0 Å². The number of hydrogen-bond acceptors (Lipinski definition) is 4. The van der Waals surface area contributed by atoms with Crippen LogP contribution in [0, 0.1) is 0 Å². The summed E-state index contributed by atoms with van der Waals surface area (Å²) >= 11 is 13.7. The van der Waals surface area contributed by atoms with Crippen molar-refractivity contribution in [2.75, 3.05) is 12.0 Å². The van der Waals surface area contributed by atoms with E-state index >= 15 is 0 Å². The Hall–Kier alpha value is 0.0200. The van der Waals surface area contributed by atoms with Crippen LogP contribution in [0.3, 0.4) is 0 Å². The number of benzene rings is 1. The Kier molecular flexibility index (Phi) is 7.11. The van der Waals surface area contributed by atoms with E-state index in [1.54, 1.807) is 17.8 Å². The van der Waals surface area contributed by atoms with Crippen molar-refractivity contribution in [2.45, 2.75) is 30.8 Å². The van der Waals surface area contributed by atoms with Crippen molar-refractivity contribution in [1.82, 2.24) is 4.72 Å². The van der Waals surface area contributed by atoms with E-state index < -0.39 is 10.0 Å². The molecule has 0 aliphatic carbocycles. The largest absolute Gasteiger partial charge is 0.326 e. The van der Waals surface area contributed by atoms with E-state index in [2.05, 4.69) is 4.72 Å². The molecule has 8 heteroatoms. The van der Waals surface area contributed by atoms with E-state index in [9.17, 15) is 8.42 Å². The van der Waals surface area contributed by atoms with Gasteiger partial charge in [-0.05, 0) is 43.0 Å². The molecular formula is C12H18Cl2N2O2S2. The third-order valence-corrected chi connectivity index (χ3v) is 5.73. The summed E-state index contributed by atoms with van der Waals surface area (Å²) in [5, 5.41) is 0.424. The molecule has 0 fully saturated rings. The molecule has 0 saturated heterocycles. The Bertz CT molecular complexity index is 565. The maximum Gasteiger partial charge on any atom is 0.242 e. The van der Waals surface area contributed by atoms with Crippen molar-refractivity contribution >= 4 is 45.0 Å². The Labute approximate surface area is 134 Å². The van der Waals surface area contributed by atoms with Gasteiger partial charge < -0.3 is 5.73 Å². The van der Waals surface area contributed by atoms with E-state index in [0.29, 0.717) is 10.6 Å². The van der Waals surface area contributed by atoms with E-state index in [1.807, 2.05) is 13.2 Å². The van der Waals surface area contributed by atoms with Crippen molar-refractivity contribution in [2.24, 2.45) is 5.73 Å². The number of halogens is 2. The maximum absolute atomic E-state index is 12.3. The molecule has 114 valence electrons. The van der Waals surface area contributed by atoms with Crippen LogP contribution in [0.25, 0.3) is 0 Å². The second-order valence-corrected chi connectivity index (χ2v) is 7.87. The van der Waals surface area contributed by atoms with E-state index in [-0.39, 0.29) is 22.5 Å². The highest BCUT2D eigenvalue weighted by molar-refractivity contribution is 7.98. The first-order valence-corrected chi connectivity index (χ1v) is 9.64. The Morgan fingerprint density at radius 2 is 2.05 bits per heavy atom. The standard InChI is InChI=1S/C12H18Cl2N2O2S2/c1-8(3-4-19-2)16-20(17,18)11-6-10(13)5-9(7-15)12(11)14/h5-6,8,16H,3-4,7,15H2,1-2H3. The molecule has 3 N–H and O–H groups in total. The quantitative estimate of drug-likeness (QED) is 0.787. The third-order valence-electron chi connectivity index (χ3n) is 2.70. The average Bonchev–Trinajstić information content (AvgIpc) is 2.37. The van der Waals surface area contributed by atoms with Crippen molar-refractivity contribution in [3.8, 4) is 0 Å². The summed E-state index contributed by atoms with van der Waals surface area (Å²) in [6, 6.07) is 2.73. The van der Waals surface area contributed by atoms with Crippen LogP contribution >= 0.6 is 35.0 Å². The van der Waals surface area contributed by atoms with Gasteiger partial charge in [-0.1, -0.05) is 23.2 Å². The van der Waals surface area contributed by atoms with Crippen LogP contribution in [0.5, 0.6) is 0 Å². The van der Waals surface area contributed by atoms with Crippen LogP contribution in [0.2, 0.25) is 10.0 Å². The maximum atomic E-state index is 12.3. The fraction of sp³-hybridized carbons (Fsp3) is 0.500. The summed E-state index contributed by atoms with van der Waals surface area (Å²) in [4.78, 5) is -0.0249. The second-order valence-electron chi connectivity index (χ2n) is 4.38. The lowest BCUT2D eigenvalue weighted by atomic mass is 10.2.